The molecule has 1 aromatic rings. The van der Waals surface area contributed by atoms with Gasteiger partial charge in [-0.2, -0.15) is 0 Å². The minimum Gasteiger partial charge on any atom is -0.391 e. The molecule has 1 aromatic heterocycles. The molecule has 2 unspecified atom stereocenters. The second-order valence-electron chi connectivity index (χ2n) is 5.27. The molecular formula is C14H23NO2S. The lowest BCUT2D eigenvalue weighted by Gasteiger charge is -2.24. The van der Waals surface area contributed by atoms with E-state index in [0.717, 1.165) is 11.3 Å². The Balaban J connectivity index is 2.56. The van der Waals surface area contributed by atoms with Gasteiger partial charge in [-0.3, -0.25) is 4.79 Å². The van der Waals surface area contributed by atoms with Gasteiger partial charge in [0, 0.05) is 11.4 Å². The molecule has 4 heteroatoms. The third-order valence-corrected chi connectivity index (χ3v) is 4.67. The van der Waals surface area contributed by atoms with Gasteiger partial charge in [0.05, 0.1) is 11.5 Å². The topological polar surface area (TPSA) is 49.3 Å². The zero-order valence-corrected chi connectivity index (χ0v) is 12.4. The summed E-state index contributed by atoms with van der Waals surface area (Å²) >= 11 is 1.58. The fourth-order valence-corrected chi connectivity index (χ4v) is 2.49. The van der Waals surface area contributed by atoms with Crippen LogP contribution in [0.3, 0.4) is 0 Å². The first-order valence-electron chi connectivity index (χ1n) is 6.40. The highest BCUT2D eigenvalue weighted by molar-refractivity contribution is 7.10. The molecule has 18 heavy (non-hydrogen) atoms. The molecule has 2 atom stereocenters. The molecule has 0 radical (unpaired) electrons. The summed E-state index contributed by atoms with van der Waals surface area (Å²) in [7, 11) is 0. The summed E-state index contributed by atoms with van der Waals surface area (Å²) in [5.74, 6) is 0.169. The Bertz CT molecular complexity index is 373. The molecule has 0 bridgehead atoms. The van der Waals surface area contributed by atoms with Gasteiger partial charge < -0.3 is 10.4 Å². The largest absolute Gasteiger partial charge is 0.391 e. The molecule has 0 aliphatic rings. The maximum atomic E-state index is 12.2. The van der Waals surface area contributed by atoms with Crippen LogP contribution < -0.4 is 5.32 Å². The lowest BCUT2D eigenvalue weighted by molar-refractivity contribution is -0.126. The first kappa shape index (κ1) is 15.2. The van der Waals surface area contributed by atoms with E-state index in [1.54, 1.807) is 11.3 Å². The number of thiophene rings is 1. The zero-order valence-electron chi connectivity index (χ0n) is 11.6. The number of hydrogen-bond acceptors (Lipinski definition) is 3. The molecule has 2 N–H and O–H groups in total. The predicted octanol–water partition coefficient (Wildman–Crippen LogP) is 2.55. The minimum atomic E-state index is -0.538. The first-order chi connectivity index (χ1) is 8.39. The number of amides is 1. The lowest BCUT2D eigenvalue weighted by atomic mass is 9.90. The van der Waals surface area contributed by atoms with Crippen LogP contribution in [0, 0.1) is 5.92 Å². The summed E-state index contributed by atoms with van der Waals surface area (Å²) in [5, 5.41) is 14.7. The number of rotatable bonds is 6. The normalized spacial score (nSPS) is 15.2. The van der Waals surface area contributed by atoms with Crippen molar-refractivity contribution in [2.24, 2.45) is 5.92 Å². The molecule has 0 spiro atoms. The van der Waals surface area contributed by atoms with Gasteiger partial charge in [-0.05, 0) is 31.2 Å². The van der Waals surface area contributed by atoms with Gasteiger partial charge >= 0.3 is 0 Å². The maximum absolute atomic E-state index is 12.2. The van der Waals surface area contributed by atoms with E-state index in [0.29, 0.717) is 6.54 Å². The summed E-state index contributed by atoms with van der Waals surface area (Å²) in [6, 6.07) is 3.92. The van der Waals surface area contributed by atoms with Crippen molar-refractivity contribution >= 4 is 17.2 Å². The Labute approximate surface area is 113 Å². The van der Waals surface area contributed by atoms with Crippen LogP contribution in [0.5, 0.6) is 0 Å². The van der Waals surface area contributed by atoms with Crippen molar-refractivity contribution in [3.05, 3.63) is 22.4 Å². The van der Waals surface area contributed by atoms with Gasteiger partial charge in [-0.15, -0.1) is 11.3 Å². The third kappa shape index (κ3) is 3.56. The van der Waals surface area contributed by atoms with E-state index in [9.17, 15) is 9.90 Å². The second-order valence-corrected chi connectivity index (χ2v) is 6.21. The van der Waals surface area contributed by atoms with Crippen LogP contribution in [0.2, 0.25) is 0 Å². The molecule has 0 aliphatic carbocycles. The number of nitrogens with one attached hydrogen (secondary N) is 1. The van der Waals surface area contributed by atoms with Crippen LogP contribution >= 0.6 is 11.3 Å². The average Bonchev–Trinajstić information content (AvgIpc) is 2.88. The van der Waals surface area contributed by atoms with Crippen molar-refractivity contribution in [1.29, 1.82) is 0 Å². The van der Waals surface area contributed by atoms with Crippen LogP contribution in [-0.4, -0.2) is 23.7 Å². The fraction of sp³-hybridized carbons (Fsp3) is 0.643. The van der Waals surface area contributed by atoms with Gasteiger partial charge in [0.2, 0.25) is 5.91 Å². The maximum Gasteiger partial charge on any atom is 0.231 e. The highest BCUT2D eigenvalue weighted by Gasteiger charge is 2.31. The molecule has 0 saturated carbocycles. The number of carbonyl (C=O) groups excluding carboxylic acids is 1. The SMILES string of the molecule is CCC(C)C(O)CNC(=O)C(C)(C)c1cccs1. The fourth-order valence-electron chi connectivity index (χ4n) is 1.64. The standard InChI is InChI=1S/C14H23NO2S/c1-5-10(2)11(16)9-15-13(17)14(3,4)12-7-6-8-18-12/h6-8,10-11,16H,5,9H2,1-4H3,(H,15,17). The van der Waals surface area contributed by atoms with Crippen molar-refractivity contribution in [3.63, 3.8) is 0 Å². The molecule has 1 rings (SSSR count). The molecular weight excluding hydrogens is 246 g/mol. The molecule has 0 fully saturated rings. The van der Waals surface area contributed by atoms with E-state index in [4.69, 9.17) is 0 Å². The number of carbonyl (C=O) groups is 1. The number of hydrogen-bond donors (Lipinski definition) is 2. The third-order valence-electron chi connectivity index (χ3n) is 3.48. The molecule has 102 valence electrons. The summed E-state index contributed by atoms with van der Waals surface area (Å²) in [6.45, 7) is 8.16. The molecule has 0 aromatic carbocycles. The number of aliphatic hydroxyl groups is 1. The van der Waals surface area contributed by atoms with Gasteiger partial charge in [0.1, 0.15) is 0 Å². The van der Waals surface area contributed by atoms with E-state index in [1.165, 1.54) is 0 Å². The van der Waals surface area contributed by atoms with Crippen molar-refractivity contribution < 1.29 is 9.90 Å². The molecule has 0 saturated heterocycles. The van der Waals surface area contributed by atoms with E-state index >= 15 is 0 Å². The molecule has 0 aliphatic heterocycles. The van der Waals surface area contributed by atoms with Gasteiger partial charge in [-0.1, -0.05) is 26.3 Å². The van der Waals surface area contributed by atoms with Crippen molar-refractivity contribution in [2.45, 2.75) is 45.6 Å². The van der Waals surface area contributed by atoms with E-state index in [1.807, 2.05) is 45.2 Å². The Kier molecular flexibility index (Phi) is 5.35. The van der Waals surface area contributed by atoms with E-state index in [-0.39, 0.29) is 11.8 Å². The van der Waals surface area contributed by atoms with Crippen LogP contribution in [0.15, 0.2) is 17.5 Å². The number of aliphatic hydroxyl groups excluding tert-OH is 1. The van der Waals surface area contributed by atoms with Crippen LogP contribution in [0.4, 0.5) is 0 Å². The highest BCUT2D eigenvalue weighted by Crippen LogP contribution is 2.27. The Hall–Kier alpha value is -0.870. The van der Waals surface area contributed by atoms with Gasteiger partial charge in [-0.25, -0.2) is 0 Å². The summed E-state index contributed by atoms with van der Waals surface area (Å²) in [4.78, 5) is 13.2. The van der Waals surface area contributed by atoms with Gasteiger partial charge in [0.15, 0.2) is 0 Å². The Morgan fingerprint density at radius 3 is 2.72 bits per heavy atom. The predicted molar refractivity (Wildman–Crippen MR) is 75.8 cm³/mol. The smallest absolute Gasteiger partial charge is 0.231 e. The summed E-state index contributed by atoms with van der Waals surface area (Å²) in [6.07, 6.45) is 0.434. The first-order valence-corrected chi connectivity index (χ1v) is 7.27. The summed E-state index contributed by atoms with van der Waals surface area (Å²) in [5.41, 5.74) is -0.538. The van der Waals surface area contributed by atoms with Crippen LogP contribution in [0.25, 0.3) is 0 Å². The van der Waals surface area contributed by atoms with Crippen LogP contribution in [0.1, 0.15) is 39.0 Å². The minimum absolute atomic E-state index is 0.0349. The molecule has 1 heterocycles. The Morgan fingerprint density at radius 1 is 1.56 bits per heavy atom. The second kappa shape index (κ2) is 6.34. The molecule has 1 amide bonds. The van der Waals surface area contributed by atoms with E-state index < -0.39 is 11.5 Å². The van der Waals surface area contributed by atoms with E-state index in [2.05, 4.69) is 5.32 Å². The quantitative estimate of drug-likeness (QED) is 0.834. The lowest BCUT2D eigenvalue weighted by Crippen LogP contribution is -2.43. The highest BCUT2D eigenvalue weighted by atomic mass is 32.1. The average molecular weight is 269 g/mol. The Morgan fingerprint density at radius 2 is 2.22 bits per heavy atom. The van der Waals surface area contributed by atoms with Crippen molar-refractivity contribution in [1.82, 2.24) is 5.32 Å². The zero-order chi connectivity index (χ0) is 13.8. The van der Waals surface area contributed by atoms with Crippen LogP contribution in [-0.2, 0) is 10.2 Å². The van der Waals surface area contributed by atoms with Crippen molar-refractivity contribution in [2.75, 3.05) is 6.54 Å². The van der Waals surface area contributed by atoms with Crippen molar-refractivity contribution in [3.8, 4) is 0 Å². The monoisotopic (exact) mass is 269 g/mol. The molecule has 3 nitrogen and oxygen atoms in total. The van der Waals surface area contributed by atoms with Gasteiger partial charge in [0.25, 0.3) is 0 Å². The summed E-state index contributed by atoms with van der Waals surface area (Å²) < 4.78 is 0.